The van der Waals surface area contributed by atoms with Gasteiger partial charge in [-0.3, -0.25) is 0 Å². The van der Waals surface area contributed by atoms with Crippen molar-refractivity contribution in [2.24, 2.45) is 0 Å². The van der Waals surface area contributed by atoms with Crippen molar-refractivity contribution in [3.05, 3.63) is 46.7 Å². The summed E-state index contributed by atoms with van der Waals surface area (Å²) in [5.41, 5.74) is 0.612. The smallest absolute Gasteiger partial charge is 0.152 e. The number of aryl methyl sites for hydroxylation is 1. The lowest BCUT2D eigenvalue weighted by molar-refractivity contribution is 0.589. The van der Waals surface area contributed by atoms with Crippen LogP contribution in [0.1, 0.15) is 5.69 Å². The van der Waals surface area contributed by atoms with Gasteiger partial charge in [-0.2, -0.15) is 5.10 Å². The third kappa shape index (κ3) is 1.88. The van der Waals surface area contributed by atoms with E-state index in [0.29, 0.717) is 11.3 Å². The maximum absolute atomic E-state index is 13.5. The summed E-state index contributed by atoms with van der Waals surface area (Å²) in [5.74, 6) is -1.29. The molecule has 0 amide bonds. The van der Waals surface area contributed by atoms with Gasteiger partial charge in [0.2, 0.25) is 0 Å². The lowest BCUT2D eigenvalue weighted by Gasteiger charge is -2.07. The molecule has 82 valence electrons. The first kappa shape index (κ1) is 11.0. The topological polar surface area (TPSA) is 25.8 Å². The van der Waals surface area contributed by atoms with E-state index >= 15 is 0 Å². The molecular weight excluding hydrogens is 234 g/mol. The summed E-state index contributed by atoms with van der Waals surface area (Å²) < 4.78 is 27.0. The standard InChI is InChI=1S/C11H7ClF2N2/c1-6-7(5-10(12)16-15-6)11-8(13)3-2-4-9(11)14/h2-5H,1H3. The molecule has 0 atom stereocenters. The molecule has 5 heteroatoms. The van der Waals surface area contributed by atoms with Crippen LogP contribution in [0, 0.1) is 18.6 Å². The number of hydrogen-bond donors (Lipinski definition) is 0. The second-order valence-electron chi connectivity index (χ2n) is 3.26. The molecule has 0 aliphatic rings. The normalized spacial score (nSPS) is 10.5. The van der Waals surface area contributed by atoms with Crippen LogP contribution in [-0.2, 0) is 0 Å². The van der Waals surface area contributed by atoms with Gasteiger partial charge in [0.1, 0.15) is 11.6 Å². The van der Waals surface area contributed by atoms with Crippen LogP contribution >= 0.6 is 11.6 Å². The summed E-state index contributed by atoms with van der Waals surface area (Å²) in [4.78, 5) is 0. The highest BCUT2D eigenvalue weighted by atomic mass is 35.5. The Bertz CT molecular complexity index is 523. The second-order valence-corrected chi connectivity index (χ2v) is 3.65. The Morgan fingerprint density at radius 1 is 1.12 bits per heavy atom. The molecule has 2 nitrogen and oxygen atoms in total. The Morgan fingerprint density at radius 2 is 1.75 bits per heavy atom. The summed E-state index contributed by atoms with van der Waals surface area (Å²) in [7, 11) is 0. The first-order chi connectivity index (χ1) is 7.59. The minimum atomic E-state index is -0.646. The number of nitrogens with zero attached hydrogens (tertiary/aromatic N) is 2. The van der Waals surface area contributed by atoms with Crippen molar-refractivity contribution in [2.45, 2.75) is 6.92 Å². The monoisotopic (exact) mass is 240 g/mol. The predicted octanol–water partition coefficient (Wildman–Crippen LogP) is 3.38. The fourth-order valence-electron chi connectivity index (χ4n) is 1.44. The quantitative estimate of drug-likeness (QED) is 0.764. The molecule has 2 aromatic rings. The van der Waals surface area contributed by atoms with Crippen molar-refractivity contribution < 1.29 is 8.78 Å². The van der Waals surface area contributed by atoms with Gasteiger partial charge in [-0.05, 0) is 25.1 Å². The molecule has 1 aromatic carbocycles. The summed E-state index contributed by atoms with van der Waals surface area (Å²) in [6.45, 7) is 1.62. The molecule has 0 bridgehead atoms. The van der Waals surface area contributed by atoms with Crippen molar-refractivity contribution in [2.75, 3.05) is 0 Å². The Labute approximate surface area is 95.9 Å². The first-order valence-electron chi connectivity index (χ1n) is 4.54. The highest BCUT2D eigenvalue weighted by molar-refractivity contribution is 6.29. The summed E-state index contributed by atoms with van der Waals surface area (Å²) >= 11 is 5.65. The summed E-state index contributed by atoms with van der Waals surface area (Å²) in [5, 5.41) is 7.42. The van der Waals surface area contributed by atoms with E-state index in [2.05, 4.69) is 10.2 Å². The van der Waals surface area contributed by atoms with Crippen LogP contribution in [0.3, 0.4) is 0 Å². The van der Waals surface area contributed by atoms with Crippen molar-refractivity contribution in [1.82, 2.24) is 10.2 Å². The molecule has 0 N–H and O–H groups in total. The zero-order valence-corrected chi connectivity index (χ0v) is 9.09. The van der Waals surface area contributed by atoms with Crippen LogP contribution in [0.5, 0.6) is 0 Å². The molecule has 2 rings (SSSR count). The number of hydrogen-bond acceptors (Lipinski definition) is 2. The van der Waals surface area contributed by atoms with E-state index in [4.69, 9.17) is 11.6 Å². The molecule has 0 aliphatic carbocycles. The first-order valence-corrected chi connectivity index (χ1v) is 4.91. The third-order valence-corrected chi connectivity index (χ3v) is 2.37. The highest BCUT2D eigenvalue weighted by Gasteiger charge is 2.14. The number of aromatic nitrogens is 2. The number of rotatable bonds is 1. The van der Waals surface area contributed by atoms with E-state index < -0.39 is 11.6 Å². The summed E-state index contributed by atoms with van der Waals surface area (Å²) in [6, 6.07) is 5.07. The van der Waals surface area contributed by atoms with Gasteiger partial charge in [-0.1, -0.05) is 17.7 Å². The Morgan fingerprint density at radius 3 is 2.38 bits per heavy atom. The second kappa shape index (κ2) is 4.14. The van der Waals surface area contributed by atoms with Gasteiger partial charge in [0.15, 0.2) is 5.15 Å². The lowest BCUT2D eigenvalue weighted by atomic mass is 10.0. The minimum absolute atomic E-state index is 0.100. The Kier molecular flexibility index (Phi) is 2.83. The summed E-state index contributed by atoms with van der Waals surface area (Å²) in [6.07, 6.45) is 0. The van der Waals surface area contributed by atoms with Crippen LogP contribution in [0.2, 0.25) is 5.15 Å². The van der Waals surface area contributed by atoms with Crippen molar-refractivity contribution in [3.8, 4) is 11.1 Å². The molecule has 0 saturated carbocycles. The van der Waals surface area contributed by atoms with Crippen molar-refractivity contribution in [1.29, 1.82) is 0 Å². The van der Waals surface area contributed by atoms with Gasteiger partial charge in [0.05, 0.1) is 11.3 Å². The molecule has 0 unspecified atom stereocenters. The molecule has 1 aromatic heterocycles. The largest absolute Gasteiger partial charge is 0.206 e. The Hall–Kier alpha value is -1.55. The Balaban J connectivity index is 2.72. The van der Waals surface area contributed by atoms with Gasteiger partial charge in [-0.25, -0.2) is 8.78 Å². The van der Waals surface area contributed by atoms with E-state index in [9.17, 15) is 8.78 Å². The molecular formula is C11H7ClF2N2. The zero-order valence-electron chi connectivity index (χ0n) is 8.34. The average molecular weight is 241 g/mol. The van der Waals surface area contributed by atoms with Crippen LogP contribution in [0.4, 0.5) is 8.78 Å². The van der Waals surface area contributed by atoms with Crippen LogP contribution in [0.25, 0.3) is 11.1 Å². The highest BCUT2D eigenvalue weighted by Crippen LogP contribution is 2.28. The molecule has 0 radical (unpaired) electrons. The van der Waals surface area contributed by atoms with E-state index in [1.165, 1.54) is 24.3 Å². The van der Waals surface area contributed by atoms with Gasteiger partial charge in [0.25, 0.3) is 0 Å². The molecule has 1 heterocycles. The van der Waals surface area contributed by atoms with E-state index in [1.807, 2.05) is 0 Å². The van der Waals surface area contributed by atoms with Gasteiger partial charge >= 0.3 is 0 Å². The molecule has 0 spiro atoms. The average Bonchev–Trinajstić information content (AvgIpc) is 2.23. The fraction of sp³-hybridized carbons (Fsp3) is 0.0909. The molecule has 0 aliphatic heterocycles. The zero-order chi connectivity index (χ0) is 11.7. The van der Waals surface area contributed by atoms with Crippen LogP contribution < -0.4 is 0 Å². The molecule has 0 fully saturated rings. The molecule has 0 saturated heterocycles. The van der Waals surface area contributed by atoms with Crippen molar-refractivity contribution in [3.63, 3.8) is 0 Å². The number of halogens is 3. The maximum atomic E-state index is 13.5. The SMILES string of the molecule is Cc1nnc(Cl)cc1-c1c(F)cccc1F. The molecule has 16 heavy (non-hydrogen) atoms. The van der Waals surface area contributed by atoms with Crippen LogP contribution in [0.15, 0.2) is 24.3 Å². The van der Waals surface area contributed by atoms with Crippen molar-refractivity contribution >= 4 is 11.6 Å². The fourth-order valence-corrected chi connectivity index (χ4v) is 1.58. The maximum Gasteiger partial charge on any atom is 0.152 e. The van der Waals surface area contributed by atoms with E-state index in [-0.39, 0.29) is 10.7 Å². The lowest BCUT2D eigenvalue weighted by Crippen LogP contribution is -1.96. The van der Waals surface area contributed by atoms with E-state index in [0.717, 1.165) is 0 Å². The van der Waals surface area contributed by atoms with Gasteiger partial charge in [-0.15, -0.1) is 5.10 Å². The third-order valence-electron chi connectivity index (χ3n) is 2.18. The minimum Gasteiger partial charge on any atom is -0.206 e. The van der Waals surface area contributed by atoms with Gasteiger partial charge < -0.3 is 0 Å². The van der Waals surface area contributed by atoms with Crippen LogP contribution in [-0.4, -0.2) is 10.2 Å². The predicted molar refractivity (Wildman–Crippen MR) is 57.1 cm³/mol. The number of benzene rings is 1. The van der Waals surface area contributed by atoms with Gasteiger partial charge in [0, 0.05) is 5.56 Å². The van der Waals surface area contributed by atoms with E-state index in [1.54, 1.807) is 6.92 Å².